The molecule has 0 bridgehead atoms. The van der Waals surface area contributed by atoms with Gasteiger partial charge in [-0.1, -0.05) is 19.1 Å². The van der Waals surface area contributed by atoms with Crippen LogP contribution in [0, 0.1) is 0 Å². The third-order valence-corrected chi connectivity index (χ3v) is 3.43. The molecule has 1 aliphatic carbocycles. The highest BCUT2D eigenvalue weighted by molar-refractivity contribution is 6.23. The Hall–Kier alpha value is -1.95. The number of hydrogen-bond donors (Lipinski definition) is 1. The molecule has 0 spiro atoms. The van der Waals surface area contributed by atoms with Gasteiger partial charge in [0.15, 0.2) is 0 Å². The molecule has 0 aromatic rings. The maximum Gasteiger partial charge on any atom is 0.326 e. The summed E-state index contributed by atoms with van der Waals surface area (Å²) in [4.78, 5) is 36.2. The minimum Gasteiger partial charge on any atom is -0.480 e. The van der Waals surface area contributed by atoms with Crippen LogP contribution in [0.15, 0.2) is 23.3 Å². The Morgan fingerprint density at radius 2 is 2.22 bits per heavy atom. The van der Waals surface area contributed by atoms with Crippen LogP contribution >= 0.6 is 0 Å². The highest BCUT2D eigenvalue weighted by atomic mass is 16.6. The van der Waals surface area contributed by atoms with Crippen LogP contribution in [0.5, 0.6) is 0 Å². The summed E-state index contributed by atoms with van der Waals surface area (Å²) in [5.74, 6) is -2.23. The van der Waals surface area contributed by atoms with Crippen molar-refractivity contribution in [3.63, 3.8) is 0 Å². The van der Waals surface area contributed by atoms with Gasteiger partial charge < -0.3 is 9.84 Å². The standard InChI is InChI=1S/C12H11NO5/c1-2-6(12(16)17)13-10(14)5-3-4-7-9(18-7)8(5)11(13)15/h3-4,6-7,9H,2H2,1H3,(H,16,17). The SMILES string of the molecule is CCC(C(=O)O)N1C(=O)C2=C(C1=O)C1OC1C=C2. The summed E-state index contributed by atoms with van der Waals surface area (Å²) in [6.45, 7) is 1.63. The largest absolute Gasteiger partial charge is 0.480 e. The molecule has 3 unspecified atom stereocenters. The Morgan fingerprint density at radius 3 is 2.83 bits per heavy atom. The van der Waals surface area contributed by atoms with Crippen molar-refractivity contribution in [2.75, 3.05) is 0 Å². The quantitative estimate of drug-likeness (QED) is 0.555. The van der Waals surface area contributed by atoms with Gasteiger partial charge in [-0.2, -0.15) is 0 Å². The van der Waals surface area contributed by atoms with E-state index in [1.807, 2.05) is 0 Å². The number of carbonyl (C=O) groups is 3. The Morgan fingerprint density at radius 1 is 1.50 bits per heavy atom. The fourth-order valence-corrected chi connectivity index (χ4v) is 2.46. The predicted octanol–water partition coefficient (Wildman–Crippen LogP) is -0.148. The summed E-state index contributed by atoms with van der Waals surface area (Å²) in [7, 11) is 0. The van der Waals surface area contributed by atoms with Crippen molar-refractivity contribution >= 4 is 17.8 Å². The molecule has 3 aliphatic rings. The molecule has 18 heavy (non-hydrogen) atoms. The number of carbonyl (C=O) groups excluding carboxylic acids is 2. The van der Waals surface area contributed by atoms with Crippen LogP contribution < -0.4 is 0 Å². The van der Waals surface area contributed by atoms with Gasteiger partial charge >= 0.3 is 5.97 Å². The highest BCUT2D eigenvalue weighted by Crippen LogP contribution is 2.41. The summed E-state index contributed by atoms with van der Waals surface area (Å²) >= 11 is 0. The Bertz CT molecular complexity index is 533. The van der Waals surface area contributed by atoms with Crippen LogP contribution in [0.25, 0.3) is 0 Å². The maximum atomic E-state index is 12.2. The van der Waals surface area contributed by atoms with Gasteiger partial charge in [0.2, 0.25) is 0 Å². The van der Waals surface area contributed by atoms with E-state index in [1.54, 1.807) is 19.1 Å². The molecule has 3 atom stereocenters. The molecule has 1 saturated heterocycles. The molecule has 6 nitrogen and oxygen atoms in total. The van der Waals surface area contributed by atoms with Gasteiger partial charge in [-0.05, 0) is 6.42 Å². The van der Waals surface area contributed by atoms with E-state index in [0.717, 1.165) is 4.90 Å². The second-order valence-electron chi connectivity index (χ2n) is 4.45. The predicted molar refractivity (Wildman–Crippen MR) is 58.4 cm³/mol. The number of carboxylic acid groups (broad SMARTS) is 1. The number of rotatable bonds is 3. The average molecular weight is 249 g/mol. The van der Waals surface area contributed by atoms with E-state index < -0.39 is 23.8 Å². The fraction of sp³-hybridized carbons (Fsp3) is 0.417. The van der Waals surface area contributed by atoms with Crippen molar-refractivity contribution in [3.8, 4) is 0 Å². The van der Waals surface area contributed by atoms with E-state index in [-0.39, 0.29) is 24.2 Å². The van der Waals surface area contributed by atoms with E-state index in [2.05, 4.69) is 0 Å². The number of aliphatic carboxylic acids is 1. The summed E-state index contributed by atoms with van der Waals surface area (Å²) in [6, 6.07) is -1.11. The molecular formula is C12H11NO5. The number of imide groups is 1. The number of nitrogens with zero attached hydrogens (tertiary/aromatic N) is 1. The second kappa shape index (κ2) is 3.52. The molecular weight excluding hydrogens is 238 g/mol. The third-order valence-electron chi connectivity index (χ3n) is 3.43. The Labute approximate surface area is 103 Å². The normalized spacial score (nSPS) is 30.4. The van der Waals surface area contributed by atoms with Gasteiger partial charge in [-0.25, -0.2) is 4.79 Å². The molecule has 0 aromatic carbocycles. The van der Waals surface area contributed by atoms with Crippen molar-refractivity contribution in [2.24, 2.45) is 0 Å². The fourth-order valence-electron chi connectivity index (χ4n) is 2.46. The second-order valence-corrected chi connectivity index (χ2v) is 4.45. The summed E-state index contributed by atoms with van der Waals surface area (Å²) in [5.41, 5.74) is 0.589. The summed E-state index contributed by atoms with van der Waals surface area (Å²) in [6.07, 6.45) is 2.97. The van der Waals surface area contributed by atoms with Crippen LogP contribution in [-0.4, -0.2) is 46.0 Å². The van der Waals surface area contributed by atoms with Gasteiger partial charge in [0.05, 0.1) is 11.1 Å². The number of amides is 2. The third kappa shape index (κ3) is 1.29. The zero-order valence-corrected chi connectivity index (χ0v) is 9.62. The van der Waals surface area contributed by atoms with Crippen molar-refractivity contribution in [1.29, 1.82) is 0 Å². The molecule has 1 N–H and O–H groups in total. The maximum absolute atomic E-state index is 12.2. The van der Waals surface area contributed by atoms with Gasteiger partial charge in [0, 0.05) is 0 Å². The first-order valence-electron chi connectivity index (χ1n) is 5.74. The molecule has 2 amide bonds. The minimum atomic E-state index is -1.17. The van der Waals surface area contributed by atoms with Crippen LogP contribution in [0.4, 0.5) is 0 Å². The van der Waals surface area contributed by atoms with Crippen LogP contribution in [0.3, 0.4) is 0 Å². The van der Waals surface area contributed by atoms with Gasteiger partial charge in [-0.15, -0.1) is 0 Å². The molecule has 94 valence electrons. The lowest BCUT2D eigenvalue weighted by molar-refractivity contribution is -0.153. The molecule has 1 fully saturated rings. The van der Waals surface area contributed by atoms with Gasteiger partial charge in [-0.3, -0.25) is 14.5 Å². The lowest BCUT2D eigenvalue weighted by atomic mass is 10.00. The number of ether oxygens (including phenoxy) is 1. The van der Waals surface area contributed by atoms with Crippen LogP contribution in [0.2, 0.25) is 0 Å². The molecule has 2 heterocycles. The molecule has 3 rings (SSSR count). The van der Waals surface area contributed by atoms with Crippen molar-refractivity contribution in [1.82, 2.24) is 4.90 Å². The molecule has 2 aliphatic heterocycles. The smallest absolute Gasteiger partial charge is 0.326 e. The van der Waals surface area contributed by atoms with E-state index >= 15 is 0 Å². The summed E-state index contributed by atoms with van der Waals surface area (Å²) < 4.78 is 5.24. The monoisotopic (exact) mass is 249 g/mol. The Kier molecular flexibility index (Phi) is 2.18. The molecule has 6 heteroatoms. The minimum absolute atomic E-state index is 0.134. The van der Waals surface area contributed by atoms with E-state index in [9.17, 15) is 14.4 Å². The zero-order valence-electron chi connectivity index (χ0n) is 9.62. The lowest BCUT2D eigenvalue weighted by Crippen LogP contribution is -2.45. The lowest BCUT2D eigenvalue weighted by Gasteiger charge is -2.21. The first-order valence-corrected chi connectivity index (χ1v) is 5.74. The average Bonchev–Trinajstić information content (AvgIpc) is 3.06. The summed E-state index contributed by atoms with van der Waals surface area (Å²) in [5, 5.41) is 9.07. The van der Waals surface area contributed by atoms with E-state index in [0.29, 0.717) is 5.57 Å². The number of hydrogen-bond acceptors (Lipinski definition) is 4. The van der Waals surface area contributed by atoms with Crippen LogP contribution in [0.1, 0.15) is 13.3 Å². The van der Waals surface area contributed by atoms with Crippen molar-refractivity contribution in [2.45, 2.75) is 31.6 Å². The van der Waals surface area contributed by atoms with E-state index in [1.165, 1.54) is 0 Å². The number of epoxide rings is 1. The first kappa shape index (κ1) is 11.2. The van der Waals surface area contributed by atoms with Gasteiger partial charge in [0.1, 0.15) is 18.2 Å². The van der Waals surface area contributed by atoms with Gasteiger partial charge in [0.25, 0.3) is 11.8 Å². The van der Waals surface area contributed by atoms with Crippen molar-refractivity contribution < 1.29 is 24.2 Å². The van der Waals surface area contributed by atoms with E-state index in [4.69, 9.17) is 9.84 Å². The molecule has 0 aromatic heterocycles. The molecule has 0 saturated carbocycles. The van der Waals surface area contributed by atoms with Crippen molar-refractivity contribution in [3.05, 3.63) is 23.3 Å². The number of carboxylic acids is 1. The molecule has 0 radical (unpaired) electrons. The van der Waals surface area contributed by atoms with Crippen LogP contribution in [-0.2, 0) is 19.1 Å². The zero-order chi connectivity index (χ0) is 13.0. The first-order chi connectivity index (χ1) is 8.56. The Balaban J connectivity index is 1.98. The topological polar surface area (TPSA) is 87.2 Å². The number of fused-ring (bicyclic) bond motifs is 2. The highest BCUT2D eigenvalue weighted by Gasteiger charge is 2.54.